The summed E-state index contributed by atoms with van der Waals surface area (Å²) in [4.78, 5) is 18.5. The highest BCUT2D eigenvalue weighted by Crippen LogP contribution is 2.39. The highest BCUT2D eigenvalue weighted by molar-refractivity contribution is 5.99. The number of nitrogens with zero attached hydrogens (tertiary/aromatic N) is 2. The summed E-state index contributed by atoms with van der Waals surface area (Å²) < 4.78 is 6.00. The molecule has 1 heterocycles. The predicted octanol–water partition coefficient (Wildman–Crippen LogP) is 3.23. The lowest BCUT2D eigenvalue weighted by molar-refractivity contribution is -0.121. The quantitative estimate of drug-likeness (QED) is 0.695. The number of likely N-dealkylation sites (N-methyl/N-ethyl adjacent to an activating group) is 1. The van der Waals surface area contributed by atoms with Crippen molar-refractivity contribution in [1.82, 2.24) is 9.80 Å². The smallest absolute Gasteiger partial charge is 0.170 e. The second kappa shape index (κ2) is 10.0. The molecule has 2 aliphatic rings. The van der Waals surface area contributed by atoms with Gasteiger partial charge in [-0.3, -0.25) is 9.69 Å². The van der Waals surface area contributed by atoms with Gasteiger partial charge >= 0.3 is 0 Å². The molecule has 1 saturated carbocycles. The summed E-state index contributed by atoms with van der Waals surface area (Å²) in [7, 11) is 2.14. The number of Topliss-reactive ketones (excluding diaryl/α,β-unsaturated/α-hetero) is 1. The summed E-state index contributed by atoms with van der Waals surface area (Å²) in [5.74, 6) is -0.446. The Kier molecular flexibility index (Phi) is 7.18. The molecule has 1 aliphatic carbocycles. The maximum atomic E-state index is 13.7. The number of carbonyl (C=O) groups is 1. The Hall–Kier alpha value is -2.05. The standard InChI is InChI=1S/C26H34N2O3/c1-27-15-17-28(18-16-27)23-13-8-14-26(30,20-31-19-21-9-4-2-5-10-21)24(23)25(29)22-11-6-3-7-12-22/h2-7,9-12,23-24,30H,8,13-20H2,1H3/t23-,24-,26+/m0/s1. The summed E-state index contributed by atoms with van der Waals surface area (Å²) in [6.45, 7) is 4.46. The maximum absolute atomic E-state index is 13.7. The van der Waals surface area contributed by atoms with Gasteiger partial charge in [-0.2, -0.15) is 0 Å². The van der Waals surface area contributed by atoms with Crippen LogP contribution in [0.1, 0.15) is 35.2 Å². The van der Waals surface area contributed by atoms with E-state index in [1.807, 2.05) is 60.7 Å². The monoisotopic (exact) mass is 422 g/mol. The molecule has 1 N–H and O–H groups in total. The molecule has 2 aromatic carbocycles. The number of carbonyl (C=O) groups excluding carboxylic acids is 1. The Labute approximate surface area is 185 Å². The zero-order valence-electron chi connectivity index (χ0n) is 18.5. The van der Waals surface area contributed by atoms with Crippen molar-refractivity contribution in [3.63, 3.8) is 0 Å². The van der Waals surface area contributed by atoms with Gasteiger partial charge in [-0.15, -0.1) is 0 Å². The predicted molar refractivity (Wildman–Crippen MR) is 122 cm³/mol. The SMILES string of the molecule is CN1CCN([C@H]2CCC[C@@](O)(COCc3ccccc3)[C@@H]2C(=O)c2ccccc2)CC1. The van der Waals surface area contributed by atoms with Crippen LogP contribution < -0.4 is 0 Å². The van der Waals surface area contributed by atoms with Gasteiger partial charge in [0.1, 0.15) is 0 Å². The number of piperazine rings is 1. The van der Waals surface area contributed by atoms with E-state index >= 15 is 0 Å². The first-order chi connectivity index (χ1) is 15.1. The van der Waals surface area contributed by atoms with Gasteiger partial charge in [-0.1, -0.05) is 60.7 Å². The average molecular weight is 423 g/mol. The molecule has 166 valence electrons. The van der Waals surface area contributed by atoms with Crippen LogP contribution in [0, 0.1) is 5.92 Å². The topological polar surface area (TPSA) is 53.0 Å². The molecular formula is C26H34N2O3. The third-order valence-corrected chi connectivity index (χ3v) is 6.88. The van der Waals surface area contributed by atoms with Crippen LogP contribution in [0.5, 0.6) is 0 Å². The van der Waals surface area contributed by atoms with E-state index in [0.29, 0.717) is 18.6 Å². The van der Waals surface area contributed by atoms with E-state index in [2.05, 4.69) is 16.8 Å². The molecule has 2 fully saturated rings. The van der Waals surface area contributed by atoms with Crippen LogP contribution in [0.25, 0.3) is 0 Å². The van der Waals surface area contributed by atoms with Crippen molar-refractivity contribution in [2.24, 2.45) is 5.92 Å². The molecule has 0 bridgehead atoms. The number of hydrogen-bond donors (Lipinski definition) is 1. The normalized spacial score (nSPS) is 27.8. The minimum atomic E-state index is -1.16. The largest absolute Gasteiger partial charge is 0.387 e. The molecule has 0 unspecified atom stereocenters. The maximum Gasteiger partial charge on any atom is 0.170 e. The van der Waals surface area contributed by atoms with Gasteiger partial charge in [0, 0.05) is 37.8 Å². The van der Waals surface area contributed by atoms with E-state index in [1.54, 1.807) is 0 Å². The van der Waals surface area contributed by atoms with Crippen molar-refractivity contribution in [1.29, 1.82) is 0 Å². The van der Waals surface area contributed by atoms with E-state index in [1.165, 1.54) is 0 Å². The average Bonchev–Trinajstić information content (AvgIpc) is 2.80. The summed E-state index contributed by atoms with van der Waals surface area (Å²) in [6, 6.07) is 19.5. The number of rotatable bonds is 7. The van der Waals surface area contributed by atoms with Gasteiger partial charge in [0.25, 0.3) is 0 Å². The van der Waals surface area contributed by atoms with E-state index in [-0.39, 0.29) is 18.4 Å². The minimum absolute atomic E-state index is 0.0371. The van der Waals surface area contributed by atoms with Crippen molar-refractivity contribution in [2.45, 2.75) is 37.5 Å². The summed E-state index contributed by atoms with van der Waals surface area (Å²) in [5.41, 5.74) is 0.590. The summed E-state index contributed by atoms with van der Waals surface area (Å²) in [6.07, 6.45) is 2.43. The van der Waals surface area contributed by atoms with Crippen LogP contribution in [-0.2, 0) is 11.3 Å². The van der Waals surface area contributed by atoms with Crippen molar-refractivity contribution in [3.05, 3.63) is 71.8 Å². The van der Waals surface area contributed by atoms with Crippen molar-refractivity contribution < 1.29 is 14.6 Å². The number of benzene rings is 2. The van der Waals surface area contributed by atoms with E-state index in [0.717, 1.165) is 44.6 Å². The summed E-state index contributed by atoms with van der Waals surface area (Å²) in [5, 5.41) is 11.8. The first-order valence-electron chi connectivity index (χ1n) is 11.4. The minimum Gasteiger partial charge on any atom is -0.387 e. The lowest BCUT2D eigenvalue weighted by Gasteiger charge is -2.49. The second-order valence-electron chi connectivity index (χ2n) is 9.09. The Morgan fingerprint density at radius 2 is 1.68 bits per heavy atom. The van der Waals surface area contributed by atoms with Gasteiger partial charge in [-0.25, -0.2) is 0 Å². The van der Waals surface area contributed by atoms with E-state index in [4.69, 9.17) is 4.74 Å². The number of hydrogen-bond acceptors (Lipinski definition) is 5. The molecule has 0 amide bonds. The molecule has 31 heavy (non-hydrogen) atoms. The first kappa shape index (κ1) is 22.2. The van der Waals surface area contributed by atoms with Crippen molar-refractivity contribution in [3.8, 4) is 0 Å². The van der Waals surface area contributed by atoms with Crippen LogP contribution in [-0.4, -0.2) is 72.2 Å². The molecule has 0 spiro atoms. The highest BCUT2D eigenvalue weighted by atomic mass is 16.5. The molecule has 0 aromatic heterocycles. The van der Waals surface area contributed by atoms with E-state index in [9.17, 15) is 9.90 Å². The van der Waals surface area contributed by atoms with Crippen LogP contribution in [0.3, 0.4) is 0 Å². The van der Waals surface area contributed by atoms with Crippen LogP contribution in [0.15, 0.2) is 60.7 Å². The third-order valence-electron chi connectivity index (χ3n) is 6.88. The fourth-order valence-electron chi connectivity index (χ4n) is 5.13. The highest BCUT2D eigenvalue weighted by Gasteiger charge is 2.50. The molecule has 3 atom stereocenters. The lowest BCUT2D eigenvalue weighted by atomic mass is 9.68. The van der Waals surface area contributed by atoms with Crippen molar-refractivity contribution >= 4 is 5.78 Å². The van der Waals surface area contributed by atoms with Gasteiger partial charge in [0.2, 0.25) is 0 Å². The molecule has 5 heteroatoms. The Morgan fingerprint density at radius 1 is 1.03 bits per heavy atom. The Morgan fingerprint density at radius 3 is 2.35 bits per heavy atom. The zero-order valence-corrected chi connectivity index (χ0v) is 18.5. The number of ether oxygens (including phenoxy) is 1. The molecule has 0 radical (unpaired) electrons. The molecule has 2 aromatic rings. The molecule has 5 nitrogen and oxygen atoms in total. The molecule has 1 aliphatic heterocycles. The fourth-order valence-corrected chi connectivity index (χ4v) is 5.13. The zero-order chi connectivity index (χ0) is 21.7. The van der Waals surface area contributed by atoms with Crippen LogP contribution >= 0.6 is 0 Å². The van der Waals surface area contributed by atoms with Gasteiger partial charge in [0.15, 0.2) is 5.78 Å². The molecule has 1 saturated heterocycles. The third kappa shape index (κ3) is 5.24. The number of ketones is 1. The number of aliphatic hydroxyl groups is 1. The van der Waals surface area contributed by atoms with Gasteiger partial charge in [0.05, 0.1) is 24.7 Å². The Balaban J connectivity index is 1.56. The molecule has 4 rings (SSSR count). The Bertz CT molecular complexity index is 836. The first-order valence-corrected chi connectivity index (χ1v) is 11.4. The summed E-state index contributed by atoms with van der Waals surface area (Å²) >= 11 is 0. The van der Waals surface area contributed by atoms with Crippen LogP contribution in [0.4, 0.5) is 0 Å². The van der Waals surface area contributed by atoms with Crippen LogP contribution in [0.2, 0.25) is 0 Å². The lowest BCUT2D eigenvalue weighted by Crippen LogP contribution is -2.61. The van der Waals surface area contributed by atoms with Gasteiger partial charge < -0.3 is 14.7 Å². The molecular weight excluding hydrogens is 388 g/mol. The van der Waals surface area contributed by atoms with Gasteiger partial charge in [-0.05, 0) is 31.9 Å². The second-order valence-corrected chi connectivity index (χ2v) is 9.09. The fraction of sp³-hybridized carbons (Fsp3) is 0.500. The van der Waals surface area contributed by atoms with E-state index < -0.39 is 11.5 Å². The van der Waals surface area contributed by atoms with Crippen molar-refractivity contribution in [2.75, 3.05) is 39.8 Å².